The van der Waals surface area contributed by atoms with E-state index in [0.717, 1.165) is 66.2 Å². The van der Waals surface area contributed by atoms with Crippen molar-refractivity contribution in [3.63, 3.8) is 0 Å². The minimum absolute atomic E-state index is 0.152. The fourth-order valence-electron chi connectivity index (χ4n) is 13.8. The summed E-state index contributed by atoms with van der Waals surface area (Å²) in [5.41, 5.74) is 16.5. The molecule has 0 radical (unpaired) electrons. The van der Waals surface area contributed by atoms with E-state index in [0.29, 0.717) is 0 Å². The number of thioether (sulfide) groups is 2. The molecule has 6 aromatic heterocycles. The average molecular weight is 1380 g/mol. The third kappa shape index (κ3) is 11.0. The molecular weight excluding hydrogens is 1310 g/mol. The van der Waals surface area contributed by atoms with Crippen molar-refractivity contribution < 1.29 is 0 Å². The molecule has 95 heavy (non-hydrogen) atoms. The van der Waals surface area contributed by atoms with Crippen LogP contribution in [0.3, 0.4) is 0 Å². The Bertz CT molecular complexity index is 4840. The molecule has 6 aromatic carbocycles. The molecule has 12 aromatic rings. The van der Waals surface area contributed by atoms with Gasteiger partial charge in [-0.25, -0.2) is 19.9 Å². The summed E-state index contributed by atoms with van der Waals surface area (Å²) in [7, 11) is -3.82. The van der Waals surface area contributed by atoms with Crippen molar-refractivity contribution in [3.8, 4) is 54.2 Å². The Morgan fingerprint density at radius 3 is 1.43 bits per heavy atom. The number of hydrogen-bond acceptors (Lipinski definition) is 10. The van der Waals surface area contributed by atoms with Crippen LogP contribution in [0.2, 0.25) is 0 Å². The largest absolute Gasteiger partial charge is 0.305 e. The second-order valence-corrected chi connectivity index (χ2v) is 36.1. The van der Waals surface area contributed by atoms with Crippen LogP contribution in [0, 0.1) is 0 Å². The van der Waals surface area contributed by atoms with Crippen LogP contribution in [0.5, 0.6) is 0 Å². The summed E-state index contributed by atoms with van der Waals surface area (Å²) in [6.45, 7) is 6.87. The zero-order valence-electron chi connectivity index (χ0n) is 52.6. The third-order valence-corrected chi connectivity index (χ3v) is 32.4. The van der Waals surface area contributed by atoms with Crippen LogP contribution in [0.15, 0.2) is 338 Å². The van der Waals surface area contributed by atoms with Gasteiger partial charge in [0.2, 0.25) is 0 Å². The van der Waals surface area contributed by atoms with Crippen LogP contribution in [-0.2, 0) is 6.42 Å². The Kier molecular flexibility index (Phi) is 17.4. The number of aromatic nitrogens is 6. The van der Waals surface area contributed by atoms with Crippen molar-refractivity contribution in [1.82, 2.24) is 29.1 Å². The maximum Gasteiger partial charge on any atom is 0.140 e. The molecule has 0 N–H and O–H groups in total. The predicted molar refractivity (Wildman–Crippen MR) is 409 cm³/mol. The normalized spacial score (nSPS) is 19.6. The first-order valence-corrected chi connectivity index (χ1v) is 40.8. The molecule has 1 aliphatic carbocycles. The molecule has 10 heterocycles. The summed E-state index contributed by atoms with van der Waals surface area (Å²) < 4.78 is 4.72. The van der Waals surface area contributed by atoms with Gasteiger partial charge in [0.15, 0.2) is 0 Å². The van der Waals surface area contributed by atoms with Gasteiger partial charge in [0.1, 0.15) is 20.0 Å². The highest BCUT2D eigenvalue weighted by Gasteiger charge is 2.44. The minimum Gasteiger partial charge on any atom is -0.305 e. The number of thiazole rings is 4. The van der Waals surface area contributed by atoms with Gasteiger partial charge < -0.3 is 9.13 Å². The standard InChI is InChI=1S/C76H54N6S8.C5H12/c1-50-22-23-51(24-25-53-46-54(81-62(73-77-38-42-83-73)31-32-63(81)74-78-39-43-84-74)28-36-70(53)89(50,56-14-6-2-7-15-56)57-16-8-3-9-17-57)66-48-68-69(87-66)49-67(88-68)52-26-30-60-61-47-55(82-64(75-79-40-44-85-75)33-34-65(82)76-80-41-45-86-76)29-37-72(61)90(71(60)35-27-52,58-18-10-4-11-19-58)59-20-12-5-13-21-59;1-3-5-4-2/h2-24,27-50,68-69H,25H2,1H3;3-5H2,1-2H3/b23-22-,51-24+;. The van der Waals surface area contributed by atoms with E-state index < -0.39 is 20.1 Å². The molecule has 5 aliphatic rings. The number of unbranched alkanes of at least 4 members (excludes halogenated alkanes) is 2. The minimum atomic E-state index is -1.96. The molecule has 17 rings (SSSR count). The Hall–Kier alpha value is -8.24. The summed E-state index contributed by atoms with van der Waals surface area (Å²) in [4.78, 5) is 31.3. The monoisotopic (exact) mass is 1380 g/mol. The van der Waals surface area contributed by atoms with E-state index in [1.807, 2.05) is 48.3 Å². The van der Waals surface area contributed by atoms with Gasteiger partial charge in [-0.1, -0.05) is 143 Å². The van der Waals surface area contributed by atoms with Crippen molar-refractivity contribution in [1.29, 1.82) is 0 Å². The van der Waals surface area contributed by atoms with Crippen LogP contribution in [0.1, 0.15) is 51.2 Å². The molecule has 0 amide bonds. The Morgan fingerprint density at radius 1 is 0.495 bits per heavy atom. The SMILES string of the molecule is CC1/C=C\C(C2=CC3SC(C4=C=CC5=C(C=C4)S(c4ccccc4)(c4ccccc4)c4ccc(-n6c(-c7nccs7)ccc6-c6nccs6)cc45)=CC3S2)=C/Cc2cc(-n3c(-c4nccs4)ccc3-c3nccs3)ccc2S1(c1ccccc1)c1ccccc1.CCCCC. The molecule has 14 heteroatoms. The van der Waals surface area contributed by atoms with Crippen LogP contribution in [0.4, 0.5) is 0 Å². The predicted octanol–water partition coefficient (Wildman–Crippen LogP) is 24.0. The topological polar surface area (TPSA) is 61.4 Å². The van der Waals surface area contributed by atoms with Gasteiger partial charge in [0.05, 0.1) is 22.8 Å². The third-order valence-electron chi connectivity index (χ3n) is 18.0. The number of rotatable bonds is 14. The fourth-order valence-corrected chi connectivity index (χ4v) is 27.9. The summed E-state index contributed by atoms with van der Waals surface area (Å²) in [6.07, 6.45) is 32.1. The first-order valence-electron chi connectivity index (χ1n) is 32.2. The number of nitrogens with zero attached hydrogens (tertiary/aromatic N) is 6. The quantitative estimate of drug-likeness (QED) is 0.101. The lowest BCUT2D eigenvalue weighted by Crippen LogP contribution is -2.17. The first kappa shape index (κ1) is 61.6. The van der Waals surface area contributed by atoms with E-state index in [-0.39, 0.29) is 15.7 Å². The van der Waals surface area contributed by atoms with Crippen LogP contribution >= 0.6 is 88.9 Å². The Balaban J connectivity index is 0.00000137. The Morgan fingerprint density at radius 2 is 0.958 bits per heavy atom. The van der Waals surface area contributed by atoms with E-state index in [4.69, 9.17) is 19.9 Å². The second kappa shape index (κ2) is 26.8. The van der Waals surface area contributed by atoms with Crippen molar-refractivity contribution >= 4 is 94.5 Å². The number of fused-ring (bicyclic) bond motifs is 4. The molecule has 3 unspecified atom stereocenters. The van der Waals surface area contributed by atoms with Gasteiger partial charge >= 0.3 is 0 Å². The number of benzene rings is 6. The van der Waals surface area contributed by atoms with E-state index >= 15 is 0 Å². The van der Waals surface area contributed by atoms with Crippen LogP contribution < -0.4 is 0 Å². The fraction of sp³-hybridized carbons (Fsp3) is 0.123. The zero-order chi connectivity index (χ0) is 63.9. The lowest BCUT2D eigenvalue weighted by atomic mass is 10.0. The molecule has 0 saturated carbocycles. The lowest BCUT2D eigenvalue weighted by molar-refractivity contribution is 0.772. The Labute approximate surface area is 583 Å². The zero-order valence-corrected chi connectivity index (χ0v) is 59.1. The van der Waals surface area contributed by atoms with Gasteiger partial charge in [-0.2, -0.15) is 10.0 Å². The molecular formula is C81H66N6S8. The van der Waals surface area contributed by atoms with Gasteiger partial charge in [-0.15, -0.1) is 84.6 Å². The van der Waals surface area contributed by atoms with Gasteiger partial charge in [-0.3, -0.25) is 0 Å². The molecule has 0 saturated heterocycles. The van der Waals surface area contributed by atoms with Crippen LogP contribution in [-0.4, -0.2) is 44.8 Å². The van der Waals surface area contributed by atoms with Crippen molar-refractivity contribution in [2.24, 2.45) is 0 Å². The molecule has 3 atom stereocenters. The molecule has 0 spiro atoms. The van der Waals surface area contributed by atoms with Crippen molar-refractivity contribution in [3.05, 3.63) is 320 Å². The molecule has 0 fully saturated rings. The summed E-state index contributed by atoms with van der Waals surface area (Å²) in [5, 5.41) is 12.8. The lowest BCUT2D eigenvalue weighted by Gasteiger charge is -2.46. The molecule has 4 aliphatic heterocycles. The molecule has 0 bridgehead atoms. The van der Waals surface area contributed by atoms with Gasteiger partial charge in [0.25, 0.3) is 0 Å². The summed E-state index contributed by atoms with van der Waals surface area (Å²) >= 11 is 10.6. The summed E-state index contributed by atoms with van der Waals surface area (Å²) in [6, 6.07) is 68.2. The van der Waals surface area contributed by atoms with Crippen molar-refractivity contribution in [2.75, 3.05) is 0 Å². The van der Waals surface area contributed by atoms with Gasteiger partial charge in [0, 0.05) is 119 Å². The second-order valence-electron chi connectivity index (χ2n) is 23.5. The van der Waals surface area contributed by atoms with Gasteiger partial charge in [-0.05, 0) is 160 Å². The highest BCUT2D eigenvalue weighted by molar-refractivity contribution is 8.37. The number of hydrogen-bond donors (Lipinski definition) is 0. The maximum atomic E-state index is 4.83. The van der Waals surface area contributed by atoms with E-state index in [2.05, 4.69) is 288 Å². The maximum absolute atomic E-state index is 4.83. The van der Waals surface area contributed by atoms with Crippen molar-refractivity contribution in [2.45, 2.75) is 91.6 Å². The average Bonchev–Trinajstić information content (AvgIpc) is 1.59. The first-order chi connectivity index (χ1) is 46.9. The van der Waals surface area contributed by atoms with Crippen LogP contribution in [0.25, 0.3) is 59.8 Å². The van der Waals surface area contributed by atoms with E-state index in [1.165, 1.54) is 85.6 Å². The number of allylic oxidation sites excluding steroid dienone is 7. The molecule has 468 valence electrons. The summed E-state index contributed by atoms with van der Waals surface area (Å²) in [5.74, 6) is 0. The smallest absolute Gasteiger partial charge is 0.140 e. The highest BCUT2D eigenvalue weighted by Crippen LogP contribution is 2.79. The van der Waals surface area contributed by atoms with E-state index in [9.17, 15) is 0 Å². The molecule has 6 nitrogen and oxygen atoms in total. The highest BCUT2D eigenvalue weighted by atomic mass is 32.3. The van der Waals surface area contributed by atoms with E-state index in [1.54, 1.807) is 45.3 Å².